The van der Waals surface area contributed by atoms with Gasteiger partial charge in [-0.1, -0.05) is 36.4 Å². The van der Waals surface area contributed by atoms with E-state index in [1.54, 1.807) is 18.2 Å². The van der Waals surface area contributed by atoms with Crippen LogP contribution in [0.4, 0.5) is 4.39 Å². The maximum absolute atomic E-state index is 14.3. The fraction of sp³-hybridized carbons (Fsp3) is 0.143. The molecule has 0 bridgehead atoms. The molecule has 0 fully saturated rings. The quantitative estimate of drug-likeness (QED) is 0.762. The minimum Gasteiger partial charge on any atom is -0.466 e. The molecule has 2 rings (SSSR count). The number of hydrogen-bond acceptors (Lipinski definition) is 3. The van der Waals surface area contributed by atoms with E-state index in [4.69, 9.17) is 5.26 Å². The zero-order valence-electron chi connectivity index (χ0n) is 9.68. The first-order valence-electron chi connectivity index (χ1n) is 5.29. The molecule has 3 nitrogen and oxygen atoms in total. The van der Waals surface area contributed by atoms with E-state index in [0.29, 0.717) is 0 Å². The molecule has 0 N–H and O–H groups in total. The Hall–Kier alpha value is -2.41. The highest BCUT2D eigenvalue weighted by molar-refractivity contribution is 5.88. The van der Waals surface area contributed by atoms with Crippen LogP contribution < -0.4 is 0 Å². The van der Waals surface area contributed by atoms with E-state index in [0.717, 1.165) is 17.9 Å². The Kier molecular flexibility index (Phi) is 2.99. The number of nitriles is 1. The summed E-state index contributed by atoms with van der Waals surface area (Å²) in [7, 11) is 1.05. The second-order valence-electron chi connectivity index (χ2n) is 3.82. The van der Waals surface area contributed by atoms with Crippen LogP contribution >= 0.6 is 0 Å². The van der Waals surface area contributed by atoms with Gasteiger partial charge in [0.2, 0.25) is 0 Å². The van der Waals surface area contributed by atoms with Crippen molar-refractivity contribution < 1.29 is 13.9 Å². The van der Waals surface area contributed by atoms with E-state index in [-0.39, 0.29) is 5.56 Å². The minimum absolute atomic E-state index is 0.0180. The number of methoxy groups -OCH3 is 1. The van der Waals surface area contributed by atoms with Gasteiger partial charge in [-0.25, -0.2) is 9.18 Å². The number of esters is 1. The van der Waals surface area contributed by atoms with Crippen LogP contribution in [0.3, 0.4) is 0 Å². The summed E-state index contributed by atoms with van der Waals surface area (Å²) in [5.41, 5.74) is -2.78. The third kappa shape index (κ3) is 1.80. The molecule has 0 saturated carbocycles. The third-order valence-corrected chi connectivity index (χ3v) is 2.77. The van der Waals surface area contributed by atoms with Crippen molar-refractivity contribution in [3.63, 3.8) is 0 Å². The van der Waals surface area contributed by atoms with Crippen molar-refractivity contribution in [2.45, 2.75) is 5.67 Å². The summed E-state index contributed by atoms with van der Waals surface area (Å²) in [6, 6.07) is 13.2. The number of benzene rings is 2. The summed E-state index contributed by atoms with van der Waals surface area (Å²) in [6.07, 6.45) is 0. The first-order valence-corrected chi connectivity index (χ1v) is 5.29. The maximum Gasteiger partial charge on any atom is 0.363 e. The summed E-state index contributed by atoms with van der Waals surface area (Å²) in [4.78, 5) is 11.4. The first kappa shape index (κ1) is 12.1. The zero-order valence-corrected chi connectivity index (χ0v) is 9.68. The molecule has 0 aliphatic carbocycles. The number of rotatable bonds is 2. The van der Waals surface area contributed by atoms with Gasteiger partial charge in [-0.05, 0) is 16.8 Å². The lowest BCUT2D eigenvalue weighted by Crippen LogP contribution is -2.30. The van der Waals surface area contributed by atoms with Crippen molar-refractivity contribution in [1.29, 1.82) is 5.26 Å². The van der Waals surface area contributed by atoms with Crippen molar-refractivity contribution in [2.24, 2.45) is 0 Å². The van der Waals surface area contributed by atoms with Crippen LogP contribution in [0.1, 0.15) is 5.56 Å². The van der Waals surface area contributed by atoms with Crippen LogP contribution in [0.5, 0.6) is 0 Å². The molecule has 0 amide bonds. The Bertz CT molecular complexity index is 648. The molecule has 1 atom stereocenters. The van der Waals surface area contributed by atoms with Crippen LogP contribution in [-0.2, 0) is 15.2 Å². The van der Waals surface area contributed by atoms with Gasteiger partial charge in [0, 0.05) is 5.56 Å². The molecule has 0 heterocycles. The number of fused-ring (bicyclic) bond motifs is 1. The fourth-order valence-electron chi connectivity index (χ4n) is 1.77. The van der Waals surface area contributed by atoms with E-state index in [9.17, 15) is 9.18 Å². The van der Waals surface area contributed by atoms with Crippen LogP contribution in [0, 0.1) is 11.3 Å². The van der Waals surface area contributed by atoms with Crippen molar-refractivity contribution >= 4 is 16.7 Å². The third-order valence-electron chi connectivity index (χ3n) is 2.77. The first-order chi connectivity index (χ1) is 8.61. The molecule has 4 heteroatoms. The average molecular weight is 243 g/mol. The maximum atomic E-state index is 14.3. The van der Waals surface area contributed by atoms with Crippen LogP contribution in [0.25, 0.3) is 10.8 Å². The molecular formula is C14H10FNO2. The van der Waals surface area contributed by atoms with Gasteiger partial charge in [-0.15, -0.1) is 0 Å². The van der Waals surface area contributed by atoms with Crippen LogP contribution in [0.2, 0.25) is 0 Å². The van der Waals surface area contributed by atoms with Gasteiger partial charge in [0.25, 0.3) is 0 Å². The number of carbonyl (C=O) groups is 1. The summed E-state index contributed by atoms with van der Waals surface area (Å²) in [5, 5.41) is 10.6. The Morgan fingerprint density at radius 1 is 1.28 bits per heavy atom. The SMILES string of the molecule is COC(=O)C(F)(C#N)c1ccc2ccccc2c1. The van der Waals surface area contributed by atoms with E-state index in [1.165, 1.54) is 18.2 Å². The number of carbonyl (C=O) groups excluding carboxylic acids is 1. The summed E-state index contributed by atoms with van der Waals surface area (Å²) >= 11 is 0. The molecule has 0 aliphatic rings. The Labute approximate surface area is 103 Å². The minimum atomic E-state index is -2.77. The van der Waals surface area contributed by atoms with Gasteiger partial charge < -0.3 is 4.74 Å². The second kappa shape index (κ2) is 4.46. The van der Waals surface area contributed by atoms with E-state index in [2.05, 4.69) is 4.74 Å². The highest BCUT2D eigenvalue weighted by Crippen LogP contribution is 2.29. The van der Waals surface area contributed by atoms with E-state index in [1.807, 2.05) is 12.1 Å². The molecule has 18 heavy (non-hydrogen) atoms. The van der Waals surface area contributed by atoms with Crippen molar-refractivity contribution in [3.8, 4) is 6.07 Å². The number of hydrogen-bond donors (Lipinski definition) is 0. The van der Waals surface area contributed by atoms with Crippen molar-refractivity contribution in [1.82, 2.24) is 0 Å². The summed E-state index contributed by atoms with van der Waals surface area (Å²) < 4.78 is 18.7. The lowest BCUT2D eigenvalue weighted by Gasteiger charge is -2.15. The normalized spacial score (nSPS) is 13.6. The van der Waals surface area contributed by atoms with Gasteiger partial charge in [0.05, 0.1) is 7.11 Å². The van der Waals surface area contributed by atoms with Crippen LogP contribution in [0.15, 0.2) is 42.5 Å². The number of alkyl halides is 1. The Balaban J connectivity index is 2.60. The number of nitrogens with zero attached hydrogens (tertiary/aromatic N) is 1. The predicted molar refractivity (Wildman–Crippen MR) is 64.4 cm³/mol. The van der Waals surface area contributed by atoms with E-state index < -0.39 is 11.6 Å². The van der Waals surface area contributed by atoms with Gasteiger partial charge >= 0.3 is 11.6 Å². The highest BCUT2D eigenvalue weighted by atomic mass is 19.1. The van der Waals surface area contributed by atoms with Crippen molar-refractivity contribution in [3.05, 3.63) is 48.0 Å². The Morgan fingerprint density at radius 3 is 2.56 bits per heavy atom. The summed E-state index contributed by atoms with van der Waals surface area (Å²) in [6.45, 7) is 0. The molecular weight excluding hydrogens is 233 g/mol. The monoisotopic (exact) mass is 243 g/mol. The molecule has 0 aromatic heterocycles. The van der Waals surface area contributed by atoms with Gasteiger partial charge in [0.15, 0.2) is 0 Å². The highest BCUT2D eigenvalue weighted by Gasteiger charge is 2.42. The number of halogens is 1. The van der Waals surface area contributed by atoms with Gasteiger partial charge in [-0.3, -0.25) is 0 Å². The van der Waals surface area contributed by atoms with Crippen LogP contribution in [-0.4, -0.2) is 13.1 Å². The predicted octanol–water partition coefficient (Wildman–Crippen LogP) is 2.70. The standard InChI is InChI=1S/C14H10FNO2/c1-18-13(17)14(15,9-16)12-7-6-10-4-2-3-5-11(10)8-12/h2-8H,1H3. The average Bonchev–Trinajstić information content (AvgIpc) is 2.44. The van der Waals surface area contributed by atoms with Crippen molar-refractivity contribution in [2.75, 3.05) is 7.11 Å². The number of ether oxygens (including phenoxy) is 1. The molecule has 0 aliphatic heterocycles. The molecule has 2 aromatic carbocycles. The molecule has 0 radical (unpaired) electrons. The lowest BCUT2D eigenvalue weighted by molar-refractivity contribution is -0.151. The fourth-order valence-corrected chi connectivity index (χ4v) is 1.77. The molecule has 2 aromatic rings. The topological polar surface area (TPSA) is 50.1 Å². The Morgan fingerprint density at radius 2 is 1.94 bits per heavy atom. The van der Waals surface area contributed by atoms with Gasteiger partial charge in [-0.2, -0.15) is 5.26 Å². The molecule has 0 saturated heterocycles. The molecule has 0 spiro atoms. The lowest BCUT2D eigenvalue weighted by atomic mass is 9.95. The zero-order chi connectivity index (χ0) is 13.2. The van der Waals surface area contributed by atoms with Gasteiger partial charge in [0.1, 0.15) is 6.07 Å². The summed E-state index contributed by atoms with van der Waals surface area (Å²) in [5.74, 6) is -1.21. The largest absolute Gasteiger partial charge is 0.466 e. The smallest absolute Gasteiger partial charge is 0.363 e. The van der Waals surface area contributed by atoms with E-state index >= 15 is 0 Å². The molecule has 90 valence electrons. The second-order valence-corrected chi connectivity index (χ2v) is 3.82. The molecule has 1 unspecified atom stereocenters.